The molecule has 0 amide bonds. The summed E-state index contributed by atoms with van der Waals surface area (Å²) in [5, 5.41) is 7.17. The van der Waals surface area contributed by atoms with E-state index in [1.165, 1.54) is 23.4 Å². The molecule has 0 aliphatic carbocycles. The van der Waals surface area contributed by atoms with Gasteiger partial charge in [0.1, 0.15) is 30.3 Å². The molecule has 2 aliphatic heterocycles. The third-order valence-corrected chi connectivity index (χ3v) is 11.8. The molecule has 2 aliphatic rings. The van der Waals surface area contributed by atoms with Gasteiger partial charge in [-0.1, -0.05) is 13.0 Å². The first kappa shape index (κ1) is 36.2. The first-order valence-corrected chi connectivity index (χ1v) is 20.4. The Labute approximate surface area is 301 Å². The lowest BCUT2D eigenvalue weighted by Crippen LogP contribution is -2.52. The van der Waals surface area contributed by atoms with Crippen molar-refractivity contribution in [3.05, 3.63) is 76.4 Å². The van der Waals surface area contributed by atoms with Crippen molar-refractivity contribution in [2.75, 3.05) is 82.3 Å². The van der Waals surface area contributed by atoms with Gasteiger partial charge in [0, 0.05) is 80.2 Å². The standard InChI is InChI=1S/C37H45BrF2N7O2P/c1-6-24-19-32(34(49-3)22-33(24)47-13-11-27(12-14-47)46-17-15-45(2)16-18-46)43-37-41-23-29(38)36(44-37)42-31-10-7-25(20-35(31)50(4,5)48)28-9-8-26(39)21-30(28)40/h7-10,19-23,27H,6,11-18H2,1-5H3,(H2,41,42,43,44). The predicted molar refractivity (Wildman–Crippen MR) is 204 cm³/mol. The van der Waals surface area contributed by atoms with Gasteiger partial charge >= 0.3 is 0 Å². The van der Waals surface area contributed by atoms with Crippen molar-refractivity contribution < 1.29 is 18.1 Å². The Bertz CT molecular complexity index is 1890. The molecule has 6 rings (SSSR count). The Balaban J connectivity index is 1.22. The number of aryl methyl sites for hydroxylation is 1. The fourth-order valence-electron chi connectivity index (χ4n) is 6.85. The highest BCUT2D eigenvalue weighted by Gasteiger charge is 2.28. The number of rotatable bonds is 10. The molecular weight excluding hydrogens is 723 g/mol. The number of piperidine rings is 1. The number of nitrogens with zero attached hydrogens (tertiary/aromatic N) is 5. The van der Waals surface area contributed by atoms with Crippen LogP contribution in [0.5, 0.6) is 5.75 Å². The monoisotopic (exact) mass is 767 g/mol. The van der Waals surface area contributed by atoms with E-state index in [9.17, 15) is 13.3 Å². The lowest BCUT2D eigenvalue weighted by molar-refractivity contribution is 0.0982. The van der Waals surface area contributed by atoms with Crippen molar-refractivity contribution in [2.45, 2.75) is 32.2 Å². The van der Waals surface area contributed by atoms with Gasteiger partial charge in [-0.25, -0.2) is 13.8 Å². The van der Waals surface area contributed by atoms with E-state index < -0.39 is 18.8 Å². The zero-order chi connectivity index (χ0) is 35.6. The second-order valence-electron chi connectivity index (χ2n) is 13.4. The molecule has 0 saturated carbocycles. The van der Waals surface area contributed by atoms with Crippen LogP contribution in [0, 0.1) is 11.6 Å². The molecular formula is C37H45BrF2N7O2P. The largest absolute Gasteiger partial charge is 0.494 e. The summed E-state index contributed by atoms with van der Waals surface area (Å²) in [5.41, 5.74) is 4.45. The van der Waals surface area contributed by atoms with Crippen molar-refractivity contribution in [1.82, 2.24) is 19.8 Å². The number of nitrogens with one attached hydrogen (secondary N) is 2. The first-order chi connectivity index (χ1) is 23.9. The molecule has 0 unspecified atom stereocenters. The molecule has 0 atom stereocenters. The number of hydrogen-bond donors (Lipinski definition) is 2. The summed E-state index contributed by atoms with van der Waals surface area (Å²) in [6.07, 6.45) is 4.80. The van der Waals surface area contributed by atoms with Crippen LogP contribution in [0.3, 0.4) is 0 Å². The molecule has 0 spiro atoms. The summed E-state index contributed by atoms with van der Waals surface area (Å²) in [6.45, 7) is 12.1. The van der Waals surface area contributed by atoms with E-state index in [4.69, 9.17) is 9.72 Å². The van der Waals surface area contributed by atoms with Crippen LogP contribution < -0.4 is 25.6 Å². The molecule has 1 aromatic heterocycles. The van der Waals surface area contributed by atoms with Crippen LogP contribution >= 0.6 is 23.1 Å². The minimum absolute atomic E-state index is 0.226. The Morgan fingerprint density at radius 3 is 2.36 bits per heavy atom. The van der Waals surface area contributed by atoms with Gasteiger partial charge in [0.2, 0.25) is 5.95 Å². The highest BCUT2D eigenvalue weighted by molar-refractivity contribution is 9.10. The molecule has 3 aromatic carbocycles. The number of ether oxygens (including phenoxy) is 1. The van der Waals surface area contributed by atoms with Crippen LogP contribution in [-0.2, 0) is 11.0 Å². The van der Waals surface area contributed by atoms with Crippen molar-refractivity contribution in [3.63, 3.8) is 0 Å². The molecule has 50 heavy (non-hydrogen) atoms. The van der Waals surface area contributed by atoms with E-state index in [0.717, 1.165) is 70.3 Å². The highest BCUT2D eigenvalue weighted by atomic mass is 79.9. The number of halogens is 3. The Morgan fingerprint density at radius 2 is 1.70 bits per heavy atom. The van der Waals surface area contributed by atoms with Gasteiger partial charge in [0.25, 0.3) is 0 Å². The third kappa shape index (κ3) is 8.15. The van der Waals surface area contributed by atoms with Crippen LogP contribution in [0.4, 0.5) is 37.6 Å². The summed E-state index contributed by atoms with van der Waals surface area (Å²) < 4.78 is 48.1. The average Bonchev–Trinajstić information content (AvgIpc) is 3.10. The van der Waals surface area contributed by atoms with Gasteiger partial charge in [-0.3, -0.25) is 4.90 Å². The highest BCUT2D eigenvalue weighted by Crippen LogP contribution is 2.41. The third-order valence-electron chi connectivity index (χ3n) is 9.70. The molecule has 0 radical (unpaired) electrons. The van der Waals surface area contributed by atoms with Crippen LogP contribution in [0.15, 0.2) is 59.2 Å². The molecule has 0 bridgehead atoms. The Hall–Kier alpha value is -3.57. The van der Waals surface area contributed by atoms with Gasteiger partial charge in [-0.15, -0.1) is 0 Å². The van der Waals surface area contributed by atoms with Crippen LogP contribution in [-0.4, -0.2) is 92.6 Å². The van der Waals surface area contributed by atoms with E-state index in [-0.39, 0.29) is 5.56 Å². The molecule has 3 heterocycles. The molecule has 13 heteroatoms. The van der Waals surface area contributed by atoms with Crippen molar-refractivity contribution in [2.24, 2.45) is 0 Å². The maximum absolute atomic E-state index is 14.6. The maximum Gasteiger partial charge on any atom is 0.229 e. The van der Waals surface area contributed by atoms with Crippen molar-refractivity contribution >= 4 is 57.2 Å². The zero-order valence-corrected chi connectivity index (χ0v) is 31.8. The zero-order valence-electron chi connectivity index (χ0n) is 29.3. The predicted octanol–water partition coefficient (Wildman–Crippen LogP) is 7.71. The topological polar surface area (TPSA) is 85.9 Å². The van der Waals surface area contributed by atoms with E-state index >= 15 is 0 Å². The smallest absolute Gasteiger partial charge is 0.229 e. The van der Waals surface area contributed by atoms with Gasteiger partial charge < -0.3 is 29.7 Å². The minimum atomic E-state index is -2.85. The molecule has 2 N–H and O–H groups in total. The molecule has 2 saturated heterocycles. The fourth-order valence-corrected chi connectivity index (χ4v) is 8.30. The molecule has 2 fully saturated rings. The summed E-state index contributed by atoms with van der Waals surface area (Å²) in [6, 6.07) is 13.4. The number of hydrogen-bond acceptors (Lipinski definition) is 9. The number of piperazine rings is 1. The molecule has 4 aromatic rings. The first-order valence-electron chi connectivity index (χ1n) is 17.0. The normalized spacial score (nSPS) is 16.4. The van der Waals surface area contributed by atoms with Crippen LogP contribution in [0.2, 0.25) is 0 Å². The maximum atomic E-state index is 14.6. The number of aromatic nitrogens is 2. The number of anilines is 5. The van der Waals surface area contributed by atoms with Gasteiger partial charge in [0.05, 0.1) is 23.0 Å². The fraction of sp³-hybridized carbons (Fsp3) is 0.405. The van der Waals surface area contributed by atoms with Gasteiger partial charge in [0.15, 0.2) is 0 Å². The summed E-state index contributed by atoms with van der Waals surface area (Å²) in [4.78, 5) is 16.8. The molecule has 266 valence electrons. The Morgan fingerprint density at radius 1 is 0.960 bits per heavy atom. The quantitative estimate of drug-likeness (QED) is 0.158. The summed E-state index contributed by atoms with van der Waals surface area (Å²) in [7, 11) is 1.02. The van der Waals surface area contributed by atoms with Gasteiger partial charge in [-0.05, 0) is 97.0 Å². The number of methoxy groups -OCH3 is 1. The van der Waals surface area contributed by atoms with E-state index in [1.807, 2.05) is 0 Å². The number of likely N-dealkylation sites (N-methyl/N-ethyl adjacent to an activating group) is 1. The summed E-state index contributed by atoms with van der Waals surface area (Å²) >= 11 is 3.55. The van der Waals surface area contributed by atoms with Crippen molar-refractivity contribution in [3.8, 4) is 16.9 Å². The van der Waals surface area contributed by atoms with Gasteiger partial charge in [-0.2, -0.15) is 4.98 Å². The summed E-state index contributed by atoms with van der Waals surface area (Å²) in [5.74, 6) is 0.152. The van der Waals surface area contributed by atoms with E-state index in [0.29, 0.717) is 44.6 Å². The molecule has 9 nitrogen and oxygen atoms in total. The second-order valence-corrected chi connectivity index (χ2v) is 17.5. The Kier molecular flexibility index (Phi) is 11.1. The van der Waals surface area contributed by atoms with E-state index in [1.54, 1.807) is 44.8 Å². The van der Waals surface area contributed by atoms with Crippen LogP contribution in [0.25, 0.3) is 11.1 Å². The average molecular weight is 769 g/mol. The minimum Gasteiger partial charge on any atom is -0.494 e. The second kappa shape index (κ2) is 15.4. The van der Waals surface area contributed by atoms with Crippen molar-refractivity contribution in [1.29, 1.82) is 0 Å². The SMILES string of the molecule is CCc1cc(Nc2ncc(Br)c(Nc3ccc(-c4ccc(F)cc4F)cc3P(C)(C)=O)n2)c(OC)cc1N1CCC(N2CCN(C)CC2)CC1. The van der Waals surface area contributed by atoms with E-state index in [2.05, 4.69) is 72.4 Å². The lowest BCUT2D eigenvalue weighted by atomic mass is 9.99. The number of benzene rings is 3. The lowest BCUT2D eigenvalue weighted by Gasteiger charge is -2.43. The van der Waals surface area contributed by atoms with Crippen LogP contribution in [0.1, 0.15) is 25.3 Å².